The number of rotatable bonds is 4. The van der Waals surface area contributed by atoms with Gasteiger partial charge in [0.05, 0.1) is 18.2 Å². The maximum atomic E-state index is 6.12. The fraction of sp³-hybridized carbons (Fsp3) is 0.278. The molecule has 1 atom stereocenters. The smallest absolute Gasteiger partial charge is 0.171 e. The number of halogens is 1. The van der Waals surface area contributed by atoms with Gasteiger partial charge in [-0.05, 0) is 62.3 Å². The van der Waals surface area contributed by atoms with Gasteiger partial charge in [0.2, 0.25) is 0 Å². The van der Waals surface area contributed by atoms with Gasteiger partial charge in [-0.1, -0.05) is 35.4 Å². The van der Waals surface area contributed by atoms with E-state index in [1.165, 1.54) is 16.7 Å². The van der Waals surface area contributed by atoms with Crippen molar-refractivity contribution in [1.29, 1.82) is 0 Å². The molecule has 2 N–H and O–H groups in total. The molecular formula is C18H21ClN2OS. The van der Waals surface area contributed by atoms with Crippen molar-refractivity contribution in [3.63, 3.8) is 0 Å². The molecule has 0 unspecified atom stereocenters. The average molecular weight is 349 g/mol. The van der Waals surface area contributed by atoms with Gasteiger partial charge in [0.15, 0.2) is 5.11 Å². The van der Waals surface area contributed by atoms with Crippen LogP contribution in [0, 0.1) is 13.8 Å². The third-order valence-corrected chi connectivity index (χ3v) is 4.17. The third-order valence-electron chi connectivity index (χ3n) is 3.66. The number of thiocarbonyl (C=S) groups is 1. The molecule has 23 heavy (non-hydrogen) atoms. The second-order valence-electron chi connectivity index (χ2n) is 5.53. The van der Waals surface area contributed by atoms with E-state index in [-0.39, 0.29) is 6.04 Å². The summed E-state index contributed by atoms with van der Waals surface area (Å²) in [5.74, 6) is 0.639. The number of nitrogens with one attached hydrogen (secondary N) is 2. The predicted octanol–water partition coefficient (Wildman–Crippen LogP) is 5.01. The first kappa shape index (κ1) is 17.6. The normalized spacial score (nSPS) is 11.7. The Balaban J connectivity index is 2.04. The van der Waals surface area contributed by atoms with Crippen molar-refractivity contribution in [1.82, 2.24) is 5.32 Å². The number of hydrogen-bond acceptors (Lipinski definition) is 2. The SMILES string of the molecule is COc1ccc(NC(=S)N[C@H](C)c2cc(C)ccc2C)cc1Cl. The molecule has 0 spiro atoms. The fourth-order valence-corrected chi connectivity index (χ4v) is 2.96. The first-order valence-electron chi connectivity index (χ1n) is 7.39. The van der Waals surface area contributed by atoms with Gasteiger partial charge >= 0.3 is 0 Å². The molecular weight excluding hydrogens is 328 g/mol. The van der Waals surface area contributed by atoms with E-state index >= 15 is 0 Å². The van der Waals surface area contributed by atoms with E-state index in [9.17, 15) is 0 Å². The van der Waals surface area contributed by atoms with E-state index in [2.05, 4.69) is 49.6 Å². The summed E-state index contributed by atoms with van der Waals surface area (Å²) < 4.78 is 5.14. The molecule has 0 heterocycles. The molecule has 0 amide bonds. The Bertz CT molecular complexity index is 718. The van der Waals surface area contributed by atoms with Gasteiger partial charge in [-0.3, -0.25) is 0 Å². The summed E-state index contributed by atoms with van der Waals surface area (Å²) in [7, 11) is 1.59. The molecule has 122 valence electrons. The van der Waals surface area contributed by atoms with E-state index in [1.807, 2.05) is 6.07 Å². The van der Waals surface area contributed by atoms with Crippen LogP contribution in [0.4, 0.5) is 5.69 Å². The molecule has 0 saturated carbocycles. The van der Waals surface area contributed by atoms with Gasteiger partial charge in [-0.2, -0.15) is 0 Å². The lowest BCUT2D eigenvalue weighted by atomic mass is 10.0. The predicted molar refractivity (Wildman–Crippen MR) is 102 cm³/mol. The summed E-state index contributed by atoms with van der Waals surface area (Å²) in [6.07, 6.45) is 0. The molecule has 2 aromatic rings. The Morgan fingerprint density at radius 2 is 1.91 bits per heavy atom. The Kier molecular flexibility index (Phi) is 5.85. The molecule has 0 aliphatic carbocycles. The van der Waals surface area contributed by atoms with Crippen LogP contribution < -0.4 is 15.4 Å². The zero-order chi connectivity index (χ0) is 17.0. The summed E-state index contributed by atoms with van der Waals surface area (Å²) in [4.78, 5) is 0. The quantitative estimate of drug-likeness (QED) is 0.761. The minimum absolute atomic E-state index is 0.114. The molecule has 0 fully saturated rings. The number of hydrogen-bond donors (Lipinski definition) is 2. The van der Waals surface area contributed by atoms with Crippen molar-refractivity contribution in [2.24, 2.45) is 0 Å². The van der Waals surface area contributed by atoms with E-state index in [1.54, 1.807) is 19.2 Å². The van der Waals surface area contributed by atoms with Gasteiger partial charge < -0.3 is 15.4 Å². The van der Waals surface area contributed by atoms with Crippen LogP contribution in [0.2, 0.25) is 5.02 Å². The number of ether oxygens (including phenoxy) is 1. The van der Waals surface area contributed by atoms with Crippen LogP contribution in [0.5, 0.6) is 5.75 Å². The van der Waals surface area contributed by atoms with E-state index in [0.717, 1.165) is 5.69 Å². The minimum atomic E-state index is 0.114. The molecule has 0 aromatic heterocycles. The lowest BCUT2D eigenvalue weighted by Gasteiger charge is -2.20. The van der Waals surface area contributed by atoms with E-state index < -0.39 is 0 Å². The number of methoxy groups -OCH3 is 1. The highest BCUT2D eigenvalue weighted by Crippen LogP contribution is 2.27. The zero-order valence-electron chi connectivity index (χ0n) is 13.7. The van der Waals surface area contributed by atoms with Crippen molar-refractivity contribution >= 4 is 34.6 Å². The van der Waals surface area contributed by atoms with E-state index in [0.29, 0.717) is 15.9 Å². The summed E-state index contributed by atoms with van der Waals surface area (Å²) >= 11 is 11.5. The van der Waals surface area contributed by atoms with Crippen molar-refractivity contribution < 1.29 is 4.74 Å². The summed E-state index contributed by atoms with van der Waals surface area (Å²) in [5, 5.41) is 7.56. The van der Waals surface area contributed by atoms with Crippen LogP contribution in [-0.4, -0.2) is 12.2 Å². The van der Waals surface area contributed by atoms with Crippen molar-refractivity contribution in [2.45, 2.75) is 26.8 Å². The summed E-state index contributed by atoms with van der Waals surface area (Å²) in [6, 6.07) is 12.0. The standard InChI is InChI=1S/C18H21ClN2OS/c1-11-5-6-12(2)15(9-11)13(3)20-18(23)21-14-7-8-17(22-4)16(19)10-14/h5-10,13H,1-4H3,(H2,20,21,23)/t13-/m1/s1. The maximum Gasteiger partial charge on any atom is 0.171 e. The van der Waals surface area contributed by atoms with Crippen LogP contribution in [0.3, 0.4) is 0 Å². The average Bonchev–Trinajstić information content (AvgIpc) is 2.49. The highest BCUT2D eigenvalue weighted by atomic mass is 35.5. The lowest BCUT2D eigenvalue weighted by molar-refractivity contribution is 0.415. The lowest BCUT2D eigenvalue weighted by Crippen LogP contribution is -2.31. The molecule has 0 aliphatic rings. The molecule has 2 aromatic carbocycles. The highest BCUT2D eigenvalue weighted by molar-refractivity contribution is 7.80. The van der Waals surface area contributed by atoms with Crippen LogP contribution in [0.25, 0.3) is 0 Å². The maximum absolute atomic E-state index is 6.12. The summed E-state index contributed by atoms with van der Waals surface area (Å²) in [5.41, 5.74) is 4.54. The number of aryl methyl sites for hydroxylation is 2. The zero-order valence-corrected chi connectivity index (χ0v) is 15.3. The highest BCUT2D eigenvalue weighted by Gasteiger charge is 2.10. The molecule has 3 nitrogen and oxygen atoms in total. The van der Waals surface area contributed by atoms with E-state index in [4.69, 9.17) is 28.6 Å². The Labute approximate surface area is 148 Å². The van der Waals surface area contributed by atoms with Crippen LogP contribution in [0.1, 0.15) is 29.7 Å². The van der Waals surface area contributed by atoms with Crippen LogP contribution in [0.15, 0.2) is 36.4 Å². The third kappa shape index (κ3) is 4.60. The van der Waals surface area contributed by atoms with Crippen LogP contribution >= 0.6 is 23.8 Å². The first-order valence-corrected chi connectivity index (χ1v) is 8.17. The second-order valence-corrected chi connectivity index (χ2v) is 6.34. The number of benzene rings is 2. The monoisotopic (exact) mass is 348 g/mol. The molecule has 0 radical (unpaired) electrons. The molecule has 0 saturated heterocycles. The van der Waals surface area contributed by atoms with Crippen molar-refractivity contribution in [2.75, 3.05) is 12.4 Å². The van der Waals surface area contributed by atoms with Crippen molar-refractivity contribution in [3.05, 3.63) is 58.1 Å². The molecule has 5 heteroatoms. The fourth-order valence-electron chi connectivity index (χ4n) is 2.41. The second kappa shape index (κ2) is 7.66. The molecule has 0 aliphatic heterocycles. The number of anilines is 1. The Morgan fingerprint density at radius 1 is 1.17 bits per heavy atom. The summed E-state index contributed by atoms with van der Waals surface area (Å²) in [6.45, 7) is 6.29. The van der Waals surface area contributed by atoms with Crippen LogP contribution in [-0.2, 0) is 0 Å². The Hall–Kier alpha value is -1.78. The van der Waals surface area contributed by atoms with Gasteiger partial charge in [0.1, 0.15) is 5.75 Å². The van der Waals surface area contributed by atoms with Gasteiger partial charge in [-0.15, -0.1) is 0 Å². The van der Waals surface area contributed by atoms with Gasteiger partial charge in [-0.25, -0.2) is 0 Å². The van der Waals surface area contributed by atoms with Gasteiger partial charge in [0.25, 0.3) is 0 Å². The molecule has 2 rings (SSSR count). The minimum Gasteiger partial charge on any atom is -0.495 e. The topological polar surface area (TPSA) is 33.3 Å². The largest absolute Gasteiger partial charge is 0.495 e. The first-order chi connectivity index (χ1) is 10.9. The molecule has 0 bridgehead atoms. The van der Waals surface area contributed by atoms with Gasteiger partial charge in [0, 0.05) is 5.69 Å². The van der Waals surface area contributed by atoms with Crippen molar-refractivity contribution in [3.8, 4) is 5.75 Å². The Morgan fingerprint density at radius 3 is 2.57 bits per heavy atom.